The molecule has 0 radical (unpaired) electrons. The van der Waals surface area contributed by atoms with E-state index in [1.165, 1.54) is 6.92 Å². The van der Waals surface area contributed by atoms with Crippen molar-refractivity contribution in [2.75, 3.05) is 0 Å². The molecule has 0 aliphatic carbocycles. The van der Waals surface area contributed by atoms with E-state index < -0.39 is 5.97 Å². The third kappa shape index (κ3) is 7.01. The Labute approximate surface area is 78.2 Å². The standard InChI is InChI=1S/C9H14N2O2/c1-3-5-9(6-4-7-10)11-13-8(2)12/h3-6H2,1-2H3. The van der Waals surface area contributed by atoms with Gasteiger partial charge in [0.2, 0.25) is 0 Å². The van der Waals surface area contributed by atoms with Crippen LogP contribution < -0.4 is 0 Å². The Morgan fingerprint density at radius 1 is 1.54 bits per heavy atom. The van der Waals surface area contributed by atoms with Crippen LogP contribution in [0.4, 0.5) is 0 Å². The summed E-state index contributed by atoms with van der Waals surface area (Å²) in [6, 6.07) is 2.02. The van der Waals surface area contributed by atoms with Crippen LogP contribution in [0.3, 0.4) is 0 Å². The Kier molecular flexibility index (Phi) is 6.52. The lowest BCUT2D eigenvalue weighted by Crippen LogP contribution is -2.01. The van der Waals surface area contributed by atoms with E-state index in [0.717, 1.165) is 18.6 Å². The van der Waals surface area contributed by atoms with Crippen molar-refractivity contribution in [1.82, 2.24) is 0 Å². The predicted octanol–water partition coefficient (Wildman–Crippen LogP) is 2.01. The van der Waals surface area contributed by atoms with Gasteiger partial charge >= 0.3 is 5.97 Å². The Morgan fingerprint density at radius 3 is 2.69 bits per heavy atom. The molecule has 13 heavy (non-hydrogen) atoms. The first-order valence-corrected chi connectivity index (χ1v) is 4.31. The summed E-state index contributed by atoms with van der Waals surface area (Å²) in [5.74, 6) is -0.425. The Morgan fingerprint density at radius 2 is 2.23 bits per heavy atom. The summed E-state index contributed by atoms with van der Waals surface area (Å²) in [6.45, 7) is 3.31. The molecule has 0 bridgehead atoms. The average Bonchev–Trinajstić information content (AvgIpc) is 2.09. The van der Waals surface area contributed by atoms with Gasteiger partial charge in [0, 0.05) is 19.8 Å². The minimum Gasteiger partial charge on any atom is -0.319 e. The van der Waals surface area contributed by atoms with Crippen LogP contribution >= 0.6 is 0 Å². The number of rotatable bonds is 5. The number of nitriles is 1. The fourth-order valence-electron chi connectivity index (χ4n) is 0.834. The normalized spacial score (nSPS) is 10.7. The number of carbonyl (C=O) groups excluding carboxylic acids is 1. The third-order valence-electron chi connectivity index (χ3n) is 1.37. The fourth-order valence-corrected chi connectivity index (χ4v) is 0.834. The van der Waals surface area contributed by atoms with E-state index in [9.17, 15) is 4.79 Å². The molecule has 0 aliphatic rings. The summed E-state index contributed by atoms with van der Waals surface area (Å²) in [4.78, 5) is 14.9. The molecule has 0 aromatic carbocycles. The second kappa shape index (κ2) is 7.29. The van der Waals surface area contributed by atoms with Gasteiger partial charge in [-0.3, -0.25) is 0 Å². The van der Waals surface area contributed by atoms with Gasteiger partial charge in [-0.15, -0.1) is 0 Å². The van der Waals surface area contributed by atoms with Gasteiger partial charge in [0.15, 0.2) is 0 Å². The van der Waals surface area contributed by atoms with Crippen molar-refractivity contribution in [3.05, 3.63) is 0 Å². The van der Waals surface area contributed by atoms with E-state index >= 15 is 0 Å². The number of hydrogen-bond acceptors (Lipinski definition) is 4. The predicted molar refractivity (Wildman–Crippen MR) is 49.0 cm³/mol. The molecule has 0 heterocycles. The molecule has 0 spiro atoms. The molecular formula is C9H14N2O2. The average molecular weight is 182 g/mol. The second-order valence-electron chi connectivity index (χ2n) is 2.65. The minimum absolute atomic E-state index is 0.417. The highest BCUT2D eigenvalue weighted by molar-refractivity contribution is 5.84. The zero-order valence-electron chi connectivity index (χ0n) is 8.04. The monoisotopic (exact) mass is 182 g/mol. The molecule has 0 atom stereocenters. The SMILES string of the molecule is CCCC(CCC#N)=NOC(C)=O. The van der Waals surface area contributed by atoms with Crippen LogP contribution in [0.15, 0.2) is 5.16 Å². The van der Waals surface area contributed by atoms with Crippen LogP contribution in [-0.2, 0) is 9.63 Å². The van der Waals surface area contributed by atoms with Gasteiger partial charge in [-0.1, -0.05) is 18.5 Å². The van der Waals surface area contributed by atoms with E-state index in [2.05, 4.69) is 9.99 Å². The molecule has 4 heteroatoms. The molecule has 0 aliphatic heterocycles. The van der Waals surface area contributed by atoms with Gasteiger partial charge in [-0.05, 0) is 6.42 Å². The zero-order valence-corrected chi connectivity index (χ0v) is 8.04. The summed E-state index contributed by atoms with van der Waals surface area (Å²) in [7, 11) is 0. The van der Waals surface area contributed by atoms with E-state index in [-0.39, 0.29) is 0 Å². The zero-order chi connectivity index (χ0) is 10.1. The maximum atomic E-state index is 10.4. The molecule has 0 N–H and O–H groups in total. The summed E-state index contributed by atoms with van der Waals surface area (Å²) >= 11 is 0. The number of hydrogen-bond donors (Lipinski definition) is 0. The summed E-state index contributed by atoms with van der Waals surface area (Å²) < 4.78 is 0. The highest BCUT2D eigenvalue weighted by Gasteiger charge is 1.99. The second-order valence-corrected chi connectivity index (χ2v) is 2.65. The lowest BCUT2D eigenvalue weighted by Gasteiger charge is -2.00. The molecule has 0 amide bonds. The molecule has 0 rings (SSSR count). The van der Waals surface area contributed by atoms with Gasteiger partial charge in [0.1, 0.15) is 0 Å². The maximum Gasteiger partial charge on any atom is 0.331 e. The first kappa shape index (κ1) is 11.6. The summed E-state index contributed by atoms with van der Waals surface area (Å²) in [5.41, 5.74) is 0.777. The van der Waals surface area contributed by atoms with Crippen molar-refractivity contribution in [2.45, 2.75) is 39.5 Å². The first-order valence-electron chi connectivity index (χ1n) is 4.31. The molecule has 0 unspecified atom stereocenters. The largest absolute Gasteiger partial charge is 0.331 e. The van der Waals surface area contributed by atoms with Crippen molar-refractivity contribution >= 4 is 11.7 Å². The lowest BCUT2D eigenvalue weighted by atomic mass is 10.1. The van der Waals surface area contributed by atoms with Crippen molar-refractivity contribution in [3.63, 3.8) is 0 Å². The van der Waals surface area contributed by atoms with E-state index in [4.69, 9.17) is 5.26 Å². The smallest absolute Gasteiger partial charge is 0.319 e. The van der Waals surface area contributed by atoms with Crippen molar-refractivity contribution < 1.29 is 9.63 Å². The molecule has 0 fully saturated rings. The van der Waals surface area contributed by atoms with Crippen molar-refractivity contribution in [3.8, 4) is 6.07 Å². The molecule has 0 saturated heterocycles. The molecule has 4 nitrogen and oxygen atoms in total. The van der Waals surface area contributed by atoms with E-state index in [1.54, 1.807) is 0 Å². The van der Waals surface area contributed by atoms with E-state index in [0.29, 0.717) is 12.8 Å². The summed E-state index contributed by atoms with van der Waals surface area (Å²) in [5, 5.41) is 12.0. The van der Waals surface area contributed by atoms with Crippen LogP contribution in [0, 0.1) is 11.3 Å². The lowest BCUT2D eigenvalue weighted by molar-refractivity contribution is -0.140. The van der Waals surface area contributed by atoms with Crippen LogP contribution in [0.5, 0.6) is 0 Å². The highest BCUT2D eigenvalue weighted by atomic mass is 16.7. The number of nitrogens with zero attached hydrogens (tertiary/aromatic N) is 2. The summed E-state index contributed by atoms with van der Waals surface area (Å²) in [6.07, 6.45) is 2.71. The fraction of sp³-hybridized carbons (Fsp3) is 0.667. The molecule has 0 aromatic rings. The minimum atomic E-state index is -0.425. The van der Waals surface area contributed by atoms with Gasteiger partial charge in [0.25, 0.3) is 0 Å². The molecule has 72 valence electrons. The van der Waals surface area contributed by atoms with Crippen molar-refractivity contribution in [1.29, 1.82) is 5.26 Å². The van der Waals surface area contributed by atoms with Gasteiger partial charge in [-0.2, -0.15) is 5.26 Å². The number of oxime groups is 1. The van der Waals surface area contributed by atoms with Gasteiger partial charge < -0.3 is 4.84 Å². The quantitative estimate of drug-likeness (QED) is 0.371. The highest BCUT2D eigenvalue weighted by Crippen LogP contribution is 2.01. The van der Waals surface area contributed by atoms with Gasteiger partial charge in [-0.25, -0.2) is 4.79 Å². The molecule has 0 saturated carbocycles. The van der Waals surface area contributed by atoms with Crippen LogP contribution in [0.1, 0.15) is 39.5 Å². The first-order chi connectivity index (χ1) is 6.20. The van der Waals surface area contributed by atoms with Crippen LogP contribution in [0.25, 0.3) is 0 Å². The van der Waals surface area contributed by atoms with Crippen molar-refractivity contribution in [2.24, 2.45) is 5.16 Å². The Bertz CT molecular complexity index is 228. The molecule has 0 aromatic heterocycles. The number of carbonyl (C=O) groups is 1. The molecular weight excluding hydrogens is 168 g/mol. The Hall–Kier alpha value is -1.37. The van der Waals surface area contributed by atoms with Crippen LogP contribution in [-0.4, -0.2) is 11.7 Å². The third-order valence-corrected chi connectivity index (χ3v) is 1.37. The van der Waals surface area contributed by atoms with E-state index in [1.807, 2.05) is 13.0 Å². The van der Waals surface area contributed by atoms with Crippen LogP contribution in [0.2, 0.25) is 0 Å². The van der Waals surface area contributed by atoms with Gasteiger partial charge in [0.05, 0.1) is 11.8 Å². The topological polar surface area (TPSA) is 62.4 Å². The Balaban J connectivity index is 3.99. The maximum absolute atomic E-state index is 10.4.